The molecule has 3 rings (SSSR count). The van der Waals surface area contributed by atoms with Crippen LogP contribution in [0.4, 0.5) is 0 Å². The van der Waals surface area contributed by atoms with Gasteiger partial charge in [0.1, 0.15) is 0 Å². The van der Waals surface area contributed by atoms with Gasteiger partial charge in [-0.25, -0.2) is 0 Å². The smallest absolute Gasteiger partial charge is 0.160 e. The minimum absolute atomic E-state index is 0.0102. The summed E-state index contributed by atoms with van der Waals surface area (Å²) in [5.41, 5.74) is 2.55. The Bertz CT molecular complexity index is 1830. The van der Waals surface area contributed by atoms with Crippen molar-refractivity contribution in [3.63, 3.8) is 0 Å². The maximum absolute atomic E-state index is 9.73. The number of hydrogen-bond donors (Lipinski definition) is 6. The highest BCUT2D eigenvalue weighted by molar-refractivity contribution is 5.45. The van der Waals surface area contributed by atoms with Crippen LogP contribution in [-0.4, -0.2) is 30.6 Å². The predicted molar refractivity (Wildman–Crippen MR) is 297 cm³/mol. The molecule has 384 valence electrons. The van der Waals surface area contributed by atoms with Crippen LogP contribution >= 0.6 is 0 Å². The zero-order chi connectivity index (χ0) is 50.3. The van der Waals surface area contributed by atoms with E-state index in [-0.39, 0.29) is 34.5 Å². The van der Waals surface area contributed by atoms with Gasteiger partial charge in [-0.05, 0) is 150 Å². The molecule has 0 aliphatic rings. The number of rotatable bonds is 37. The van der Waals surface area contributed by atoms with Crippen LogP contribution in [0.3, 0.4) is 0 Å². The fourth-order valence-electron chi connectivity index (χ4n) is 7.84. The lowest BCUT2D eigenvalue weighted by Crippen LogP contribution is -1.87. The van der Waals surface area contributed by atoms with Crippen molar-refractivity contribution in [2.24, 2.45) is 0 Å². The number of para-hydroxylation sites is 3. The molecule has 0 amide bonds. The molecule has 0 radical (unpaired) electrons. The lowest BCUT2D eigenvalue weighted by atomic mass is 10.0. The van der Waals surface area contributed by atoms with Crippen molar-refractivity contribution in [1.82, 2.24) is 0 Å². The third kappa shape index (κ3) is 34.8. The topological polar surface area (TPSA) is 121 Å². The molecule has 0 saturated carbocycles. The molecule has 69 heavy (non-hydrogen) atoms. The number of benzene rings is 3. The highest BCUT2D eigenvalue weighted by Gasteiger charge is 2.07. The highest BCUT2D eigenvalue weighted by atomic mass is 16.3. The summed E-state index contributed by atoms with van der Waals surface area (Å²) < 4.78 is 0. The highest BCUT2D eigenvalue weighted by Crippen LogP contribution is 2.31. The second-order valence-corrected chi connectivity index (χ2v) is 18.3. The Kier molecular flexibility index (Phi) is 40.7. The van der Waals surface area contributed by atoms with E-state index in [4.69, 9.17) is 0 Å². The third-order valence-corrected chi connectivity index (χ3v) is 12.1. The summed E-state index contributed by atoms with van der Waals surface area (Å²) in [6, 6.07) is 15.6. The van der Waals surface area contributed by atoms with Crippen molar-refractivity contribution in [1.29, 1.82) is 0 Å². The van der Waals surface area contributed by atoms with Crippen molar-refractivity contribution in [2.45, 2.75) is 213 Å². The molecule has 3 aromatic carbocycles. The van der Waals surface area contributed by atoms with Crippen molar-refractivity contribution in [3.05, 3.63) is 145 Å². The molecule has 6 heteroatoms. The van der Waals surface area contributed by atoms with E-state index in [0.717, 1.165) is 80.9 Å². The maximum Gasteiger partial charge on any atom is 0.160 e. The molecule has 0 spiro atoms. The fourth-order valence-corrected chi connectivity index (χ4v) is 7.84. The molecule has 0 saturated heterocycles. The van der Waals surface area contributed by atoms with Crippen LogP contribution < -0.4 is 0 Å². The van der Waals surface area contributed by atoms with Gasteiger partial charge in [0.25, 0.3) is 0 Å². The van der Waals surface area contributed by atoms with Crippen LogP contribution in [-0.2, 0) is 19.3 Å². The Balaban J connectivity index is 0.000000517. The number of allylic oxidation sites excluding steroid dienone is 11. The Morgan fingerprint density at radius 1 is 0.319 bits per heavy atom. The van der Waals surface area contributed by atoms with Crippen LogP contribution in [0.1, 0.15) is 210 Å². The molecule has 0 bridgehead atoms. The average molecular weight is 949 g/mol. The van der Waals surface area contributed by atoms with Gasteiger partial charge in [-0.2, -0.15) is 0 Å². The van der Waals surface area contributed by atoms with Crippen molar-refractivity contribution < 1.29 is 30.6 Å². The molecule has 0 aromatic heterocycles. The monoisotopic (exact) mass is 949 g/mol. The summed E-state index contributed by atoms with van der Waals surface area (Å²) in [7, 11) is 0. The van der Waals surface area contributed by atoms with E-state index in [2.05, 4.69) is 81.2 Å². The molecule has 0 aliphatic heterocycles. The number of phenolic OH excluding ortho intramolecular Hbond substituents is 6. The Hall–Kier alpha value is -5.10. The van der Waals surface area contributed by atoms with Gasteiger partial charge in [-0.3, -0.25) is 0 Å². The van der Waals surface area contributed by atoms with Gasteiger partial charge >= 0.3 is 0 Å². The second-order valence-electron chi connectivity index (χ2n) is 18.3. The van der Waals surface area contributed by atoms with Crippen LogP contribution in [0.2, 0.25) is 0 Å². The summed E-state index contributed by atoms with van der Waals surface area (Å²) in [5.74, 6) is 0.0957. The van der Waals surface area contributed by atoms with Crippen molar-refractivity contribution in [3.8, 4) is 34.5 Å². The summed E-state index contributed by atoms with van der Waals surface area (Å²) in [4.78, 5) is 0. The van der Waals surface area contributed by atoms with Crippen molar-refractivity contribution >= 4 is 0 Å². The zero-order valence-corrected chi connectivity index (χ0v) is 43.4. The first-order chi connectivity index (χ1) is 33.8. The Morgan fingerprint density at radius 3 is 0.957 bits per heavy atom. The molecule has 6 N–H and O–H groups in total. The first-order valence-electron chi connectivity index (χ1n) is 27.1. The normalized spacial score (nSPS) is 11.5. The minimum Gasteiger partial charge on any atom is -0.504 e. The first-order valence-corrected chi connectivity index (χ1v) is 27.1. The second kappa shape index (κ2) is 45.3. The number of aromatic hydroxyl groups is 6. The van der Waals surface area contributed by atoms with Gasteiger partial charge in [-0.15, -0.1) is 6.58 Å². The van der Waals surface area contributed by atoms with E-state index < -0.39 is 0 Å². The molecule has 3 aromatic rings. The van der Waals surface area contributed by atoms with E-state index in [1.165, 1.54) is 153 Å². The molecule has 0 aliphatic carbocycles. The van der Waals surface area contributed by atoms with Gasteiger partial charge in [0.15, 0.2) is 34.5 Å². The molecular weight excluding hydrogens is 853 g/mol. The van der Waals surface area contributed by atoms with E-state index in [1.54, 1.807) is 18.2 Å². The molecular formula is C63H96O6. The molecule has 0 unspecified atom stereocenters. The number of unbranched alkanes of at least 4 members (excludes halogenated alkanes) is 20. The third-order valence-electron chi connectivity index (χ3n) is 12.1. The van der Waals surface area contributed by atoms with E-state index in [0.29, 0.717) is 0 Å². The van der Waals surface area contributed by atoms with Crippen molar-refractivity contribution in [2.75, 3.05) is 0 Å². The van der Waals surface area contributed by atoms with Gasteiger partial charge in [0, 0.05) is 0 Å². The van der Waals surface area contributed by atoms with E-state index >= 15 is 0 Å². The molecule has 0 heterocycles. The Morgan fingerprint density at radius 2 is 0.609 bits per heavy atom. The number of aryl methyl sites for hydroxylation is 3. The minimum atomic E-state index is -0.0198. The lowest BCUT2D eigenvalue weighted by molar-refractivity contribution is 0.398. The van der Waals surface area contributed by atoms with Crippen LogP contribution in [0.25, 0.3) is 0 Å². The molecule has 0 fully saturated rings. The number of phenols is 6. The summed E-state index contributed by atoms with van der Waals surface area (Å²) in [6.45, 7) is 8.14. The summed E-state index contributed by atoms with van der Waals surface area (Å²) in [5, 5.41) is 57.5. The van der Waals surface area contributed by atoms with E-state index in [1.807, 2.05) is 24.3 Å². The van der Waals surface area contributed by atoms with Crippen LogP contribution in [0, 0.1) is 0 Å². The van der Waals surface area contributed by atoms with E-state index in [9.17, 15) is 30.6 Å². The predicted octanol–water partition coefficient (Wildman–Crippen LogP) is 18.9. The fraction of sp³-hybridized carbons (Fsp3) is 0.524. The standard InChI is InChI=1S/C21H34O2.C21H32O2.C21H30O2/c3*1-2-3-4-5-6-7-8-9-10-11-12-13-14-16-19-17-15-18-20(22)21(19)23/h7-8,15,17-18,22-23H,2-6,9-14,16H2,1H3;4-5,7-8,15,17-18,22-23H,2-3,6,9-14,16H2,1H3;2,4-5,7-8,15,17-18,22-23H,1,3,6,9-14,16H2/b8-7+;2*5-4+,8-7+. The molecule has 6 nitrogen and oxygen atoms in total. The van der Waals surface area contributed by atoms with Gasteiger partial charge in [0.05, 0.1) is 0 Å². The maximum atomic E-state index is 9.73. The Labute approximate surface area is 421 Å². The quantitative estimate of drug-likeness (QED) is 0.0195. The largest absolute Gasteiger partial charge is 0.504 e. The SMILES string of the molecule is C=CC/C=C/C/C=C/CCCCCCCc1cccc(O)c1O.CCC/C=C/C/C=C/CCCCCCCc1cccc(O)c1O.CCCCCC/C=C/CCCCCCCc1cccc(O)c1O. The van der Waals surface area contributed by atoms with Gasteiger partial charge < -0.3 is 30.6 Å². The van der Waals surface area contributed by atoms with Gasteiger partial charge in [-0.1, -0.05) is 201 Å². The van der Waals surface area contributed by atoms with Crippen LogP contribution in [0.5, 0.6) is 34.5 Å². The summed E-state index contributed by atoms with van der Waals surface area (Å²) in [6.07, 6.45) is 60.6. The first kappa shape index (κ1) is 61.9. The number of hydrogen-bond acceptors (Lipinski definition) is 6. The lowest BCUT2D eigenvalue weighted by Gasteiger charge is -2.05. The summed E-state index contributed by atoms with van der Waals surface area (Å²) >= 11 is 0. The average Bonchev–Trinajstić information content (AvgIpc) is 3.35. The van der Waals surface area contributed by atoms with Gasteiger partial charge in [0.2, 0.25) is 0 Å². The zero-order valence-electron chi connectivity index (χ0n) is 43.4. The molecule has 0 atom stereocenters. The van der Waals surface area contributed by atoms with Crippen LogP contribution in [0.15, 0.2) is 128 Å².